The number of amides is 2. The van der Waals surface area contributed by atoms with Gasteiger partial charge in [0.1, 0.15) is 11.5 Å². The van der Waals surface area contributed by atoms with Crippen molar-refractivity contribution in [2.24, 2.45) is 0 Å². The Labute approximate surface area is 117 Å². The average molecular weight is 278 g/mol. The molecule has 0 spiro atoms. The lowest BCUT2D eigenvalue weighted by Gasteiger charge is -2.22. The summed E-state index contributed by atoms with van der Waals surface area (Å²) in [5.41, 5.74) is 0.929. The zero-order valence-corrected chi connectivity index (χ0v) is 11.6. The van der Waals surface area contributed by atoms with Gasteiger partial charge in [-0.15, -0.1) is 0 Å². The second-order valence-electron chi connectivity index (χ2n) is 4.56. The number of ether oxygens (including phenoxy) is 2. The van der Waals surface area contributed by atoms with Crippen molar-refractivity contribution in [2.45, 2.75) is 25.4 Å². The van der Waals surface area contributed by atoms with Crippen molar-refractivity contribution in [3.8, 4) is 11.5 Å². The van der Waals surface area contributed by atoms with Crippen LogP contribution in [0.2, 0.25) is 0 Å². The quantitative estimate of drug-likeness (QED) is 0.771. The SMILES string of the molecule is COc1ccc(CNC2CCC(=O)NC2=O)c(OC)c1. The molecule has 6 heteroatoms. The molecule has 1 aliphatic rings. The van der Waals surface area contributed by atoms with Crippen LogP contribution >= 0.6 is 0 Å². The van der Waals surface area contributed by atoms with Gasteiger partial charge in [-0.25, -0.2) is 0 Å². The van der Waals surface area contributed by atoms with Gasteiger partial charge >= 0.3 is 0 Å². The highest BCUT2D eigenvalue weighted by Crippen LogP contribution is 2.24. The first kappa shape index (κ1) is 14.3. The first-order chi connectivity index (χ1) is 9.63. The summed E-state index contributed by atoms with van der Waals surface area (Å²) in [5, 5.41) is 5.46. The van der Waals surface area contributed by atoms with Crippen LogP contribution in [0.25, 0.3) is 0 Å². The fraction of sp³-hybridized carbons (Fsp3) is 0.429. The molecular weight excluding hydrogens is 260 g/mol. The topological polar surface area (TPSA) is 76.7 Å². The lowest BCUT2D eigenvalue weighted by Crippen LogP contribution is -2.50. The molecule has 1 aliphatic heterocycles. The largest absolute Gasteiger partial charge is 0.497 e. The molecule has 2 N–H and O–H groups in total. The van der Waals surface area contributed by atoms with Crippen LogP contribution in [0.5, 0.6) is 11.5 Å². The number of nitrogens with one attached hydrogen (secondary N) is 2. The number of carbonyl (C=O) groups is 2. The number of methoxy groups -OCH3 is 2. The van der Waals surface area contributed by atoms with Crippen LogP contribution in [-0.2, 0) is 16.1 Å². The van der Waals surface area contributed by atoms with Crippen molar-refractivity contribution in [1.82, 2.24) is 10.6 Å². The maximum Gasteiger partial charge on any atom is 0.243 e. The zero-order valence-electron chi connectivity index (χ0n) is 11.6. The van der Waals surface area contributed by atoms with E-state index in [-0.39, 0.29) is 17.9 Å². The molecule has 1 aromatic rings. The fourth-order valence-electron chi connectivity index (χ4n) is 2.12. The first-order valence-corrected chi connectivity index (χ1v) is 6.42. The van der Waals surface area contributed by atoms with Gasteiger partial charge < -0.3 is 14.8 Å². The Hall–Kier alpha value is -2.08. The maximum atomic E-state index is 11.6. The Morgan fingerprint density at radius 3 is 2.75 bits per heavy atom. The lowest BCUT2D eigenvalue weighted by atomic mass is 10.1. The molecule has 1 aromatic carbocycles. The molecule has 20 heavy (non-hydrogen) atoms. The summed E-state index contributed by atoms with van der Waals surface area (Å²) >= 11 is 0. The van der Waals surface area contributed by atoms with Crippen molar-refractivity contribution < 1.29 is 19.1 Å². The van der Waals surface area contributed by atoms with E-state index >= 15 is 0 Å². The number of piperidine rings is 1. The van der Waals surface area contributed by atoms with E-state index < -0.39 is 0 Å². The van der Waals surface area contributed by atoms with E-state index in [1.165, 1.54) is 0 Å². The highest BCUT2D eigenvalue weighted by atomic mass is 16.5. The van der Waals surface area contributed by atoms with Crippen LogP contribution in [0.15, 0.2) is 18.2 Å². The van der Waals surface area contributed by atoms with Crippen LogP contribution < -0.4 is 20.1 Å². The second-order valence-corrected chi connectivity index (χ2v) is 4.56. The Kier molecular flexibility index (Phi) is 4.57. The Balaban J connectivity index is 2.00. The fourth-order valence-corrected chi connectivity index (χ4v) is 2.12. The second kappa shape index (κ2) is 6.38. The molecule has 0 radical (unpaired) electrons. The average Bonchev–Trinajstić information content (AvgIpc) is 2.46. The normalized spacial score (nSPS) is 18.6. The summed E-state index contributed by atoms with van der Waals surface area (Å²) in [6.45, 7) is 0.486. The standard InChI is InChI=1S/C14H18N2O4/c1-19-10-4-3-9(12(7-10)20-2)8-15-11-5-6-13(17)16-14(11)18/h3-4,7,11,15H,5-6,8H2,1-2H3,(H,16,17,18). The van der Waals surface area contributed by atoms with Gasteiger partial charge in [-0.2, -0.15) is 0 Å². The van der Waals surface area contributed by atoms with Crippen molar-refractivity contribution >= 4 is 11.8 Å². The van der Waals surface area contributed by atoms with Gasteiger partial charge in [0.25, 0.3) is 0 Å². The van der Waals surface area contributed by atoms with Crippen molar-refractivity contribution in [3.63, 3.8) is 0 Å². The van der Waals surface area contributed by atoms with Crippen LogP contribution in [0.1, 0.15) is 18.4 Å². The third kappa shape index (κ3) is 3.27. The Bertz CT molecular complexity index is 516. The van der Waals surface area contributed by atoms with Crippen molar-refractivity contribution in [2.75, 3.05) is 14.2 Å². The van der Waals surface area contributed by atoms with E-state index in [0.29, 0.717) is 30.9 Å². The molecule has 2 amide bonds. The van der Waals surface area contributed by atoms with E-state index in [4.69, 9.17) is 9.47 Å². The summed E-state index contributed by atoms with van der Waals surface area (Å²) in [7, 11) is 3.18. The Morgan fingerprint density at radius 1 is 1.30 bits per heavy atom. The smallest absolute Gasteiger partial charge is 0.243 e. The third-order valence-electron chi connectivity index (χ3n) is 3.27. The third-order valence-corrected chi connectivity index (χ3v) is 3.27. The lowest BCUT2D eigenvalue weighted by molar-refractivity contribution is -0.134. The summed E-state index contributed by atoms with van der Waals surface area (Å²) < 4.78 is 10.4. The van der Waals surface area contributed by atoms with Gasteiger partial charge in [-0.1, -0.05) is 6.07 Å². The summed E-state index contributed by atoms with van der Waals surface area (Å²) in [5.74, 6) is 0.930. The van der Waals surface area contributed by atoms with Gasteiger partial charge in [-0.05, 0) is 12.5 Å². The van der Waals surface area contributed by atoms with E-state index in [1.54, 1.807) is 20.3 Å². The number of imide groups is 1. The molecule has 1 saturated heterocycles. The highest BCUT2D eigenvalue weighted by Gasteiger charge is 2.26. The molecule has 0 aromatic heterocycles. The number of hydrogen-bond donors (Lipinski definition) is 2. The number of rotatable bonds is 5. The Morgan fingerprint density at radius 2 is 2.10 bits per heavy atom. The molecule has 1 atom stereocenters. The minimum atomic E-state index is -0.348. The number of benzene rings is 1. The number of carbonyl (C=O) groups excluding carboxylic acids is 2. The van der Waals surface area contributed by atoms with Crippen molar-refractivity contribution in [1.29, 1.82) is 0 Å². The molecule has 1 heterocycles. The molecule has 108 valence electrons. The van der Waals surface area contributed by atoms with E-state index in [0.717, 1.165) is 5.56 Å². The predicted molar refractivity (Wildman–Crippen MR) is 72.6 cm³/mol. The van der Waals surface area contributed by atoms with E-state index in [2.05, 4.69) is 10.6 Å². The van der Waals surface area contributed by atoms with Crippen LogP contribution in [0.4, 0.5) is 0 Å². The molecule has 1 unspecified atom stereocenters. The zero-order chi connectivity index (χ0) is 14.5. The number of hydrogen-bond acceptors (Lipinski definition) is 5. The molecule has 0 aliphatic carbocycles. The summed E-state index contributed by atoms with van der Waals surface area (Å²) in [6, 6.07) is 5.17. The molecular formula is C14H18N2O4. The molecule has 6 nitrogen and oxygen atoms in total. The maximum absolute atomic E-state index is 11.6. The predicted octanol–water partition coefficient (Wildman–Crippen LogP) is 0.599. The van der Waals surface area contributed by atoms with E-state index in [9.17, 15) is 9.59 Å². The monoisotopic (exact) mass is 278 g/mol. The minimum Gasteiger partial charge on any atom is -0.497 e. The van der Waals surface area contributed by atoms with Crippen molar-refractivity contribution in [3.05, 3.63) is 23.8 Å². The van der Waals surface area contributed by atoms with Crippen LogP contribution in [0, 0.1) is 0 Å². The first-order valence-electron chi connectivity index (χ1n) is 6.42. The van der Waals surface area contributed by atoms with Gasteiger partial charge in [0, 0.05) is 24.6 Å². The highest BCUT2D eigenvalue weighted by molar-refractivity contribution is 6.00. The molecule has 1 fully saturated rings. The molecule has 0 bridgehead atoms. The van der Waals surface area contributed by atoms with Crippen LogP contribution in [-0.4, -0.2) is 32.1 Å². The molecule has 2 rings (SSSR count). The van der Waals surface area contributed by atoms with E-state index in [1.807, 2.05) is 12.1 Å². The van der Waals surface area contributed by atoms with Crippen LogP contribution in [0.3, 0.4) is 0 Å². The van der Waals surface area contributed by atoms with Gasteiger partial charge in [-0.3, -0.25) is 14.9 Å². The van der Waals surface area contributed by atoms with Gasteiger partial charge in [0.2, 0.25) is 11.8 Å². The summed E-state index contributed by atoms with van der Waals surface area (Å²) in [6.07, 6.45) is 0.881. The summed E-state index contributed by atoms with van der Waals surface area (Å²) in [4.78, 5) is 22.7. The molecule has 0 saturated carbocycles. The van der Waals surface area contributed by atoms with Gasteiger partial charge in [0.15, 0.2) is 0 Å². The minimum absolute atomic E-state index is 0.213. The van der Waals surface area contributed by atoms with Gasteiger partial charge in [0.05, 0.1) is 20.3 Å².